The standard InChI is InChI=1S/C18H20F2N4O/c1-13(18(25)22-17-14(19)5-4-6-15(17)20)23-9-11-24(12-10-23)16-7-2-3-8-21-16/h2-8,13H,9-12H2,1H3,(H,22,25)/p+2/t13-/m1/s1. The number of aromatic nitrogens is 1. The third-order valence-corrected chi connectivity index (χ3v) is 4.66. The van der Waals surface area contributed by atoms with Gasteiger partial charge in [-0.05, 0) is 25.1 Å². The van der Waals surface area contributed by atoms with Crippen LogP contribution >= 0.6 is 0 Å². The minimum atomic E-state index is -0.764. The van der Waals surface area contributed by atoms with Crippen LogP contribution in [0.15, 0.2) is 42.6 Å². The fourth-order valence-electron chi connectivity index (χ4n) is 3.08. The lowest BCUT2D eigenvalue weighted by Crippen LogP contribution is -3.19. The highest BCUT2D eigenvalue weighted by Gasteiger charge is 2.32. The van der Waals surface area contributed by atoms with E-state index in [1.54, 1.807) is 6.92 Å². The number of quaternary nitrogens is 1. The first-order valence-corrected chi connectivity index (χ1v) is 8.37. The van der Waals surface area contributed by atoms with Crippen molar-refractivity contribution in [3.8, 4) is 0 Å². The average Bonchev–Trinajstić information content (AvgIpc) is 2.65. The molecule has 1 aromatic carbocycles. The molecule has 0 bridgehead atoms. The van der Waals surface area contributed by atoms with Crippen molar-refractivity contribution in [2.24, 2.45) is 0 Å². The Morgan fingerprint density at radius 1 is 1.16 bits per heavy atom. The van der Waals surface area contributed by atoms with Crippen molar-refractivity contribution in [3.63, 3.8) is 0 Å². The first-order chi connectivity index (χ1) is 12.1. The molecule has 1 aromatic heterocycles. The number of hydrogen-bond donors (Lipinski definition) is 2. The number of halogens is 2. The van der Waals surface area contributed by atoms with E-state index in [-0.39, 0.29) is 17.6 Å². The number of carbonyl (C=O) groups excluding carboxylic acids is 1. The van der Waals surface area contributed by atoms with Crippen LogP contribution in [0.5, 0.6) is 0 Å². The number of H-pyrrole nitrogens is 1. The summed E-state index contributed by atoms with van der Waals surface area (Å²) in [4.78, 5) is 18.9. The van der Waals surface area contributed by atoms with Gasteiger partial charge in [-0.3, -0.25) is 9.69 Å². The van der Waals surface area contributed by atoms with Gasteiger partial charge >= 0.3 is 0 Å². The fraction of sp³-hybridized carbons (Fsp3) is 0.333. The number of amides is 1. The SMILES string of the molecule is C[C@H](C(=O)Nc1c(F)cccc1F)[NH+]1CCN(c2cccc[nH+]2)CC1. The van der Waals surface area contributed by atoms with E-state index in [4.69, 9.17) is 0 Å². The zero-order valence-corrected chi connectivity index (χ0v) is 14.1. The number of carbonyl (C=O) groups is 1. The van der Waals surface area contributed by atoms with Crippen molar-refractivity contribution < 1.29 is 23.5 Å². The van der Waals surface area contributed by atoms with Gasteiger partial charge in [-0.25, -0.2) is 13.8 Å². The Balaban J connectivity index is 1.59. The number of benzene rings is 1. The summed E-state index contributed by atoms with van der Waals surface area (Å²) in [6.07, 6.45) is 1.88. The van der Waals surface area contributed by atoms with E-state index >= 15 is 0 Å². The van der Waals surface area contributed by atoms with Gasteiger partial charge < -0.3 is 10.2 Å². The molecule has 1 aliphatic rings. The number of hydrogen-bond acceptors (Lipinski definition) is 2. The summed E-state index contributed by atoms with van der Waals surface area (Å²) < 4.78 is 27.4. The van der Waals surface area contributed by atoms with Crippen LogP contribution < -0.4 is 20.1 Å². The van der Waals surface area contributed by atoms with Gasteiger partial charge in [-0.2, -0.15) is 0 Å². The highest BCUT2D eigenvalue weighted by molar-refractivity contribution is 5.93. The normalized spacial score (nSPS) is 16.5. The molecule has 1 aliphatic heterocycles. The van der Waals surface area contributed by atoms with Crippen LogP contribution in [0.3, 0.4) is 0 Å². The second-order valence-corrected chi connectivity index (χ2v) is 6.20. The number of nitrogens with zero attached hydrogens (tertiary/aromatic N) is 1. The van der Waals surface area contributed by atoms with Gasteiger partial charge in [0.15, 0.2) is 6.04 Å². The fourth-order valence-corrected chi connectivity index (χ4v) is 3.08. The summed E-state index contributed by atoms with van der Waals surface area (Å²) in [6, 6.07) is 9.07. The highest BCUT2D eigenvalue weighted by atomic mass is 19.1. The van der Waals surface area contributed by atoms with Crippen molar-refractivity contribution in [2.75, 3.05) is 36.4 Å². The van der Waals surface area contributed by atoms with Crippen molar-refractivity contribution in [2.45, 2.75) is 13.0 Å². The topological polar surface area (TPSA) is 50.9 Å². The van der Waals surface area contributed by atoms with Crippen LogP contribution in [0.2, 0.25) is 0 Å². The lowest BCUT2D eigenvalue weighted by atomic mass is 10.2. The summed E-state index contributed by atoms with van der Waals surface area (Å²) in [5, 5.41) is 2.39. The lowest BCUT2D eigenvalue weighted by Gasteiger charge is -2.31. The maximum absolute atomic E-state index is 13.7. The van der Waals surface area contributed by atoms with Gasteiger partial charge in [0.2, 0.25) is 0 Å². The minimum absolute atomic E-state index is 0.376. The maximum Gasteiger partial charge on any atom is 0.282 e. The van der Waals surface area contributed by atoms with E-state index in [1.165, 1.54) is 6.07 Å². The molecule has 25 heavy (non-hydrogen) atoms. The van der Waals surface area contributed by atoms with Gasteiger partial charge in [0, 0.05) is 6.07 Å². The molecule has 1 amide bonds. The Morgan fingerprint density at radius 2 is 1.84 bits per heavy atom. The lowest BCUT2D eigenvalue weighted by molar-refractivity contribution is -0.914. The van der Waals surface area contributed by atoms with E-state index in [2.05, 4.69) is 15.2 Å². The second-order valence-electron chi connectivity index (χ2n) is 6.20. The summed E-state index contributed by atoms with van der Waals surface area (Å²) in [6.45, 7) is 4.95. The highest BCUT2D eigenvalue weighted by Crippen LogP contribution is 2.17. The number of pyridine rings is 1. The molecule has 5 nitrogen and oxygen atoms in total. The molecule has 0 aliphatic carbocycles. The maximum atomic E-state index is 13.7. The first kappa shape index (κ1) is 17.3. The molecule has 3 N–H and O–H groups in total. The molecular formula is C18H22F2N4O+2. The second kappa shape index (κ2) is 7.57. The van der Waals surface area contributed by atoms with E-state index in [0.717, 1.165) is 49.0 Å². The van der Waals surface area contributed by atoms with E-state index < -0.39 is 11.6 Å². The third-order valence-electron chi connectivity index (χ3n) is 4.66. The molecule has 0 unspecified atom stereocenters. The minimum Gasteiger partial charge on any atom is -0.318 e. The summed E-state index contributed by atoms with van der Waals surface area (Å²) >= 11 is 0. The largest absolute Gasteiger partial charge is 0.318 e. The van der Waals surface area contributed by atoms with Crippen LogP contribution in [0.25, 0.3) is 0 Å². The average molecular weight is 348 g/mol. The van der Waals surface area contributed by atoms with Crippen molar-refractivity contribution in [3.05, 3.63) is 54.2 Å². The van der Waals surface area contributed by atoms with Gasteiger partial charge in [0.25, 0.3) is 11.7 Å². The van der Waals surface area contributed by atoms with Crippen molar-refractivity contribution in [1.29, 1.82) is 0 Å². The molecule has 0 radical (unpaired) electrons. The smallest absolute Gasteiger partial charge is 0.282 e. The number of rotatable bonds is 4. The van der Waals surface area contributed by atoms with Crippen LogP contribution in [0, 0.1) is 11.6 Å². The first-order valence-electron chi connectivity index (χ1n) is 8.37. The molecule has 1 fully saturated rings. The zero-order chi connectivity index (χ0) is 17.8. The quantitative estimate of drug-likeness (QED) is 0.846. The van der Waals surface area contributed by atoms with E-state index in [1.807, 2.05) is 24.4 Å². The zero-order valence-electron chi connectivity index (χ0n) is 14.1. The number of anilines is 2. The molecule has 0 spiro atoms. The van der Waals surface area contributed by atoms with Gasteiger partial charge in [0.1, 0.15) is 43.5 Å². The molecule has 3 rings (SSSR count). The molecule has 7 heteroatoms. The van der Waals surface area contributed by atoms with Crippen molar-refractivity contribution in [1.82, 2.24) is 0 Å². The molecule has 2 heterocycles. The van der Waals surface area contributed by atoms with Gasteiger partial charge in [-0.15, -0.1) is 0 Å². The van der Waals surface area contributed by atoms with Gasteiger partial charge in [-0.1, -0.05) is 12.1 Å². The molecular weight excluding hydrogens is 326 g/mol. The number of nitrogens with one attached hydrogen (secondary N) is 3. The Kier molecular flexibility index (Phi) is 5.23. The predicted octanol–water partition coefficient (Wildman–Crippen LogP) is 0.511. The Labute approximate surface area is 145 Å². The summed E-state index contributed by atoms with van der Waals surface area (Å²) in [5.74, 6) is -0.856. The molecule has 0 saturated carbocycles. The van der Waals surface area contributed by atoms with Gasteiger partial charge in [0.05, 0.1) is 6.20 Å². The Bertz CT molecular complexity index is 713. The Morgan fingerprint density at radius 3 is 2.44 bits per heavy atom. The summed E-state index contributed by atoms with van der Waals surface area (Å²) in [5.41, 5.74) is -0.378. The Hall–Kier alpha value is -2.54. The van der Waals surface area contributed by atoms with Crippen LogP contribution in [-0.4, -0.2) is 38.1 Å². The monoisotopic (exact) mass is 348 g/mol. The third kappa shape index (κ3) is 3.93. The van der Waals surface area contributed by atoms with Crippen molar-refractivity contribution >= 4 is 17.4 Å². The number of aromatic amines is 1. The summed E-state index contributed by atoms with van der Waals surface area (Å²) in [7, 11) is 0. The number of para-hydroxylation sites is 1. The molecule has 132 valence electrons. The van der Waals surface area contributed by atoms with E-state index in [9.17, 15) is 13.6 Å². The predicted molar refractivity (Wildman–Crippen MR) is 90.4 cm³/mol. The number of piperazine rings is 1. The van der Waals surface area contributed by atoms with E-state index in [0.29, 0.717) is 0 Å². The molecule has 2 aromatic rings. The van der Waals surface area contributed by atoms with Crippen LogP contribution in [0.1, 0.15) is 6.92 Å². The van der Waals surface area contributed by atoms with Crippen LogP contribution in [-0.2, 0) is 4.79 Å². The van der Waals surface area contributed by atoms with Crippen LogP contribution in [0.4, 0.5) is 20.3 Å². The molecule has 1 atom stereocenters. The molecule has 1 saturated heterocycles.